The Morgan fingerprint density at radius 3 is 2.73 bits per heavy atom. The molecule has 292 valence electrons. The molecule has 5 aliphatic rings. The average molecular weight is 759 g/mol. The highest BCUT2D eigenvalue weighted by molar-refractivity contribution is 6.03. The van der Waals surface area contributed by atoms with E-state index in [2.05, 4.69) is 16.7 Å². The zero-order chi connectivity index (χ0) is 38.2. The smallest absolute Gasteiger partial charge is 0.410 e. The number of nitrogens with zero attached hydrogens (tertiary/aromatic N) is 6. The van der Waals surface area contributed by atoms with Gasteiger partial charge in [0.25, 0.3) is 0 Å². The van der Waals surface area contributed by atoms with Gasteiger partial charge in [-0.05, 0) is 87.9 Å². The van der Waals surface area contributed by atoms with Gasteiger partial charge in [0.2, 0.25) is 5.88 Å². The van der Waals surface area contributed by atoms with Crippen molar-refractivity contribution in [3.8, 4) is 28.9 Å². The van der Waals surface area contributed by atoms with Crippen LogP contribution in [0.1, 0.15) is 65.4 Å². The van der Waals surface area contributed by atoms with Gasteiger partial charge in [-0.15, -0.1) is 0 Å². The Kier molecular flexibility index (Phi) is 8.91. The Labute approximate surface area is 319 Å². The number of fused-ring (bicyclic) bond motifs is 7. The van der Waals surface area contributed by atoms with Crippen LogP contribution in [0.4, 0.5) is 19.4 Å². The Morgan fingerprint density at radius 2 is 1.93 bits per heavy atom. The third-order valence-electron chi connectivity index (χ3n) is 12.0. The highest BCUT2D eigenvalue weighted by Gasteiger charge is 2.52. The van der Waals surface area contributed by atoms with Crippen LogP contribution in [0.25, 0.3) is 32.9 Å². The van der Waals surface area contributed by atoms with Crippen LogP contribution in [0.15, 0.2) is 30.3 Å². The second-order valence-electron chi connectivity index (χ2n) is 16.6. The van der Waals surface area contributed by atoms with Gasteiger partial charge < -0.3 is 28.6 Å². The number of carbonyl (C=O) groups is 1. The average Bonchev–Trinajstić information content (AvgIpc) is 3.76. The van der Waals surface area contributed by atoms with E-state index in [1.807, 2.05) is 49.9 Å². The molecular formula is C41H48F2N6O6. The van der Waals surface area contributed by atoms with Gasteiger partial charge in [0.05, 0.1) is 23.7 Å². The van der Waals surface area contributed by atoms with Gasteiger partial charge >= 0.3 is 12.1 Å². The summed E-state index contributed by atoms with van der Waals surface area (Å²) in [6, 6.07) is 8.94. The molecule has 0 aliphatic carbocycles. The van der Waals surface area contributed by atoms with Gasteiger partial charge in [-0.25, -0.2) is 18.6 Å². The largest absolute Gasteiger partial charge is 0.475 e. The zero-order valence-corrected chi connectivity index (χ0v) is 32.1. The number of ether oxygens (including phenoxy) is 5. The molecule has 0 N–H and O–H groups in total. The number of carbonyl (C=O) groups excluding carboxylic acids is 1. The van der Waals surface area contributed by atoms with E-state index in [4.69, 9.17) is 38.6 Å². The fourth-order valence-electron chi connectivity index (χ4n) is 9.72. The molecule has 4 aromatic rings. The van der Waals surface area contributed by atoms with Crippen molar-refractivity contribution in [3.05, 3.63) is 41.7 Å². The van der Waals surface area contributed by atoms with E-state index in [1.165, 1.54) is 0 Å². The number of halogens is 2. The topological polar surface area (TPSA) is 112 Å². The van der Waals surface area contributed by atoms with Crippen molar-refractivity contribution in [2.75, 3.05) is 51.7 Å². The predicted octanol–water partition coefficient (Wildman–Crippen LogP) is 6.83. The molecule has 0 saturated carbocycles. The third kappa shape index (κ3) is 6.16. The van der Waals surface area contributed by atoms with E-state index in [1.54, 1.807) is 13.2 Å². The Balaban J connectivity index is 1.20. The number of pyridine rings is 1. The lowest BCUT2D eigenvalue weighted by atomic mass is 9.94. The number of hydrogen-bond donors (Lipinski definition) is 0. The quantitative estimate of drug-likeness (QED) is 0.176. The van der Waals surface area contributed by atoms with Gasteiger partial charge in [-0.2, -0.15) is 9.97 Å². The second-order valence-corrected chi connectivity index (χ2v) is 16.6. The molecule has 5 aliphatic heterocycles. The van der Waals surface area contributed by atoms with Crippen molar-refractivity contribution in [1.82, 2.24) is 24.8 Å². The molecule has 0 radical (unpaired) electrons. The van der Waals surface area contributed by atoms with Crippen molar-refractivity contribution in [3.63, 3.8) is 0 Å². The van der Waals surface area contributed by atoms with E-state index in [-0.39, 0.29) is 67.3 Å². The molecule has 4 saturated heterocycles. The van der Waals surface area contributed by atoms with E-state index < -0.39 is 23.1 Å². The number of aromatic nitrogens is 3. The van der Waals surface area contributed by atoms with Crippen LogP contribution in [0.5, 0.6) is 17.6 Å². The van der Waals surface area contributed by atoms with Crippen LogP contribution < -0.4 is 19.1 Å². The number of benzene rings is 2. The number of piperazine rings is 1. The van der Waals surface area contributed by atoms with E-state index in [9.17, 15) is 9.18 Å². The first-order valence-corrected chi connectivity index (χ1v) is 19.5. The summed E-state index contributed by atoms with van der Waals surface area (Å²) in [5.74, 6) is 0.495. The first kappa shape index (κ1) is 36.1. The predicted molar refractivity (Wildman–Crippen MR) is 202 cm³/mol. The minimum atomic E-state index is -0.930. The lowest BCUT2D eigenvalue weighted by Gasteiger charge is -2.46. The van der Waals surface area contributed by atoms with Crippen LogP contribution in [0.3, 0.4) is 0 Å². The van der Waals surface area contributed by atoms with Crippen molar-refractivity contribution in [2.24, 2.45) is 0 Å². The fraction of sp³-hybridized carbons (Fsp3) is 0.561. The summed E-state index contributed by atoms with van der Waals surface area (Å²) in [7, 11) is 1.54. The minimum absolute atomic E-state index is 0.00638. The standard InChI is InChI=1S/C41H48F2N6O6/c1-6-23-9-7-10-24-15-27(54-22-51-5)16-28(31(23)24)34-33(43)35-32-36(46-38(45-35)53-21-41-13-8-14-47(41)18-25(42)17-41)48-19-26-11-12-29(30(48)20-52-37(32)44-34)49(26)39(50)55-40(2,3)4/h7,9-10,15-16,25-26,29-30H,6,8,11-14,17-22H2,1-5H3/t25-,26+,29-,30-,41-/m1/s1. The second kappa shape index (κ2) is 13.6. The number of alkyl halides is 1. The van der Waals surface area contributed by atoms with Crippen molar-refractivity contribution >= 4 is 33.6 Å². The third-order valence-corrected chi connectivity index (χ3v) is 12.0. The number of rotatable bonds is 8. The van der Waals surface area contributed by atoms with Gasteiger partial charge in [-0.1, -0.05) is 25.1 Å². The molecule has 5 atom stereocenters. The van der Waals surface area contributed by atoms with E-state index in [0.29, 0.717) is 48.4 Å². The molecule has 9 rings (SSSR count). The number of amides is 1. The van der Waals surface area contributed by atoms with Gasteiger partial charge in [0, 0.05) is 32.2 Å². The maximum Gasteiger partial charge on any atom is 0.410 e. The maximum atomic E-state index is 17.6. The van der Waals surface area contributed by atoms with Crippen LogP contribution in [-0.2, 0) is 15.9 Å². The minimum Gasteiger partial charge on any atom is -0.475 e. The lowest BCUT2D eigenvalue weighted by Crippen LogP contribution is -2.63. The first-order chi connectivity index (χ1) is 26.5. The molecule has 0 spiro atoms. The van der Waals surface area contributed by atoms with E-state index >= 15 is 4.39 Å². The summed E-state index contributed by atoms with van der Waals surface area (Å²) < 4.78 is 62.3. The molecule has 55 heavy (non-hydrogen) atoms. The van der Waals surface area contributed by atoms with Crippen LogP contribution in [-0.4, -0.2) is 113 Å². The maximum absolute atomic E-state index is 17.6. The van der Waals surface area contributed by atoms with Crippen molar-refractivity contribution < 1.29 is 37.3 Å². The SMILES string of the molecule is CCc1cccc2cc(OCOC)cc(-c3nc4c5c(nc(OC[C@]67CCCN6C[C@H](F)C7)nc5c3F)N3C[C@@H]5CC[C@H]([C@H]3CO4)N5C(=O)OC(C)(C)C)c12. The van der Waals surface area contributed by atoms with Gasteiger partial charge in [-0.3, -0.25) is 9.80 Å². The summed E-state index contributed by atoms with van der Waals surface area (Å²) in [6.45, 7) is 9.64. The fourth-order valence-corrected chi connectivity index (χ4v) is 9.72. The Bertz CT molecular complexity index is 2170. The summed E-state index contributed by atoms with van der Waals surface area (Å²) in [4.78, 5) is 34.4. The molecule has 2 aromatic carbocycles. The van der Waals surface area contributed by atoms with Crippen LogP contribution in [0, 0.1) is 5.82 Å². The molecule has 2 bridgehead atoms. The lowest BCUT2D eigenvalue weighted by molar-refractivity contribution is 0.00537. The van der Waals surface area contributed by atoms with Gasteiger partial charge in [0.1, 0.15) is 53.2 Å². The first-order valence-electron chi connectivity index (χ1n) is 19.5. The molecule has 0 unspecified atom stereocenters. The molecule has 14 heteroatoms. The number of methoxy groups -OCH3 is 1. The van der Waals surface area contributed by atoms with Crippen LogP contribution >= 0.6 is 0 Å². The van der Waals surface area contributed by atoms with Gasteiger partial charge in [0.15, 0.2) is 12.6 Å². The molecular weight excluding hydrogens is 710 g/mol. The zero-order valence-electron chi connectivity index (χ0n) is 32.1. The normalized spacial score (nSPS) is 25.9. The number of anilines is 1. The summed E-state index contributed by atoms with van der Waals surface area (Å²) in [5, 5.41) is 2.05. The van der Waals surface area contributed by atoms with Crippen molar-refractivity contribution in [2.45, 2.75) is 102 Å². The van der Waals surface area contributed by atoms with E-state index in [0.717, 1.165) is 48.6 Å². The highest BCUT2D eigenvalue weighted by Crippen LogP contribution is 2.47. The molecule has 4 fully saturated rings. The number of aryl methyl sites for hydroxylation is 1. The summed E-state index contributed by atoms with van der Waals surface area (Å²) in [5.41, 5.74) is 0.506. The molecule has 1 amide bonds. The molecule has 12 nitrogen and oxygen atoms in total. The monoisotopic (exact) mass is 758 g/mol. The Morgan fingerprint density at radius 1 is 1.07 bits per heavy atom. The Hall–Kier alpha value is -4.56. The molecule has 2 aromatic heterocycles. The summed E-state index contributed by atoms with van der Waals surface area (Å²) in [6.07, 6.45) is 3.08. The van der Waals surface area contributed by atoms with Crippen LogP contribution in [0.2, 0.25) is 0 Å². The number of hydrogen-bond acceptors (Lipinski definition) is 11. The van der Waals surface area contributed by atoms with Crippen molar-refractivity contribution in [1.29, 1.82) is 0 Å². The molecule has 7 heterocycles. The highest BCUT2D eigenvalue weighted by atomic mass is 19.1. The summed E-state index contributed by atoms with van der Waals surface area (Å²) >= 11 is 0.